The van der Waals surface area contributed by atoms with Crippen LogP contribution < -0.4 is 10.1 Å². The third kappa shape index (κ3) is 6.26. The van der Waals surface area contributed by atoms with Gasteiger partial charge in [0.15, 0.2) is 5.82 Å². The number of rotatable bonds is 8. The minimum absolute atomic E-state index is 0.0396. The number of aromatic nitrogens is 2. The Morgan fingerprint density at radius 3 is 2.63 bits per heavy atom. The summed E-state index contributed by atoms with van der Waals surface area (Å²) in [6.45, 7) is 2.39. The first-order valence-corrected chi connectivity index (χ1v) is 11.7. The van der Waals surface area contributed by atoms with Gasteiger partial charge in [-0.1, -0.05) is 35.9 Å². The number of nitrogens with one attached hydrogen (secondary N) is 1. The first-order chi connectivity index (χ1) is 16.8. The van der Waals surface area contributed by atoms with Crippen LogP contribution in [0.5, 0.6) is 5.75 Å². The van der Waals surface area contributed by atoms with Crippen molar-refractivity contribution in [2.24, 2.45) is 0 Å². The highest BCUT2D eigenvalue weighted by Crippen LogP contribution is 2.24. The lowest BCUT2D eigenvalue weighted by molar-refractivity contribution is -0.385. The highest BCUT2D eigenvalue weighted by atomic mass is 79.9. The van der Waals surface area contributed by atoms with Gasteiger partial charge in [0.2, 0.25) is 0 Å². The molecule has 4 aromatic rings. The topological polar surface area (TPSA) is 99.3 Å². The van der Waals surface area contributed by atoms with Crippen LogP contribution in [0, 0.1) is 17.0 Å². The van der Waals surface area contributed by atoms with Crippen LogP contribution >= 0.6 is 27.5 Å². The number of halogens is 2. The van der Waals surface area contributed by atoms with Crippen LogP contribution in [0.15, 0.2) is 77.4 Å². The number of aryl methyl sites for hydroxylation is 1. The lowest BCUT2D eigenvalue weighted by Gasteiger charge is -2.09. The average Bonchev–Trinajstić information content (AvgIpc) is 3.17. The molecule has 8 nitrogen and oxygen atoms in total. The number of carbonyl (C=O) groups is 1. The van der Waals surface area contributed by atoms with Crippen LogP contribution in [0.3, 0.4) is 0 Å². The van der Waals surface area contributed by atoms with Crippen molar-refractivity contribution in [3.63, 3.8) is 0 Å². The van der Waals surface area contributed by atoms with E-state index in [4.69, 9.17) is 16.3 Å². The van der Waals surface area contributed by atoms with Crippen molar-refractivity contribution in [3.8, 4) is 5.75 Å². The molecule has 0 spiro atoms. The van der Waals surface area contributed by atoms with Crippen molar-refractivity contribution in [2.45, 2.75) is 20.1 Å². The smallest absolute Gasteiger partial charge is 0.272 e. The molecule has 1 heterocycles. The lowest BCUT2D eigenvalue weighted by atomic mass is 10.1. The Balaban J connectivity index is 1.40. The minimum Gasteiger partial charge on any atom is -0.489 e. The van der Waals surface area contributed by atoms with E-state index in [1.165, 1.54) is 6.07 Å². The molecule has 0 saturated carbocycles. The molecular formula is C25H20BrClN4O4. The summed E-state index contributed by atoms with van der Waals surface area (Å²) in [5.41, 5.74) is 2.81. The molecule has 1 amide bonds. The van der Waals surface area contributed by atoms with Gasteiger partial charge in [-0.25, -0.2) is 0 Å². The van der Waals surface area contributed by atoms with Gasteiger partial charge in [0.05, 0.1) is 15.9 Å². The van der Waals surface area contributed by atoms with Gasteiger partial charge in [-0.3, -0.25) is 19.6 Å². The summed E-state index contributed by atoms with van der Waals surface area (Å²) >= 11 is 9.38. The zero-order valence-electron chi connectivity index (χ0n) is 18.6. The molecule has 10 heteroatoms. The van der Waals surface area contributed by atoms with E-state index in [0.717, 1.165) is 11.1 Å². The van der Waals surface area contributed by atoms with E-state index in [-0.39, 0.29) is 18.2 Å². The maximum Gasteiger partial charge on any atom is 0.272 e. The van der Waals surface area contributed by atoms with Crippen LogP contribution in [0.4, 0.5) is 11.5 Å². The number of hydrogen-bond donors (Lipinski definition) is 1. The average molecular weight is 556 g/mol. The number of nitro groups is 1. The summed E-state index contributed by atoms with van der Waals surface area (Å²) in [5, 5.41) is 18.9. The summed E-state index contributed by atoms with van der Waals surface area (Å²) in [5.74, 6) is 0.612. The van der Waals surface area contributed by atoms with E-state index in [2.05, 4.69) is 26.3 Å². The quantitative estimate of drug-likeness (QED) is 0.200. The van der Waals surface area contributed by atoms with Gasteiger partial charge in [0.1, 0.15) is 12.4 Å². The molecule has 0 bridgehead atoms. The van der Waals surface area contributed by atoms with Gasteiger partial charge in [-0.05, 0) is 70.4 Å². The Hall–Kier alpha value is -3.69. The number of hydrogen-bond acceptors (Lipinski definition) is 5. The second kappa shape index (κ2) is 10.7. The van der Waals surface area contributed by atoms with Crippen LogP contribution in [0.25, 0.3) is 0 Å². The van der Waals surface area contributed by atoms with Crippen molar-refractivity contribution in [1.82, 2.24) is 9.78 Å². The highest BCUT2D eigenvalue weighted by Gasteiger charge is 2.14. The van der Waals surface area contributed by atoms with Gasteiger partial charge in [0, 0.05) is 28.4 Å². The third-order valence-corrected chi connectivity index (χ3v) is 6.00. The molecule has 0 atom stereocenters. The van der Waals surface area contributed by atoms with Crippen LogP contribution in [0.2, 0.25) is 5.02 Å². The Bertz CT molecular complexity index is 1390. The summed E-state index contributed by atoms with van der Waals surface area (Å²) in [6, 6.07) is 19.1. The molecule has 1 N–H and O–H groups in total. The van der Waals surface area contributed by atoms with Gasteiger partial charge in [-0.2, -0.15) is 5.10 Å². The summed E-state index contributed by atoms with van der Waals surface area (Å²) in [4.78, 5) is 23.4. The number of anilines is 1. The minimum atomic E-state index is -0.430. The maximum absolute atomic E-state index is 12.8. The van der Waals surface area contributed by atoms with Crippen molar-refractivity contribution in [3.05, 3.63) is 115 Å². The summed E-state index contributed by atoms with van der Waals surface area (Å²) in [7, 11) is 0. The van der Waals surface area contributed by atoms with Crippen molar-refractivity contribution in [2.75, 3.05) is 5.32 Å². The maximum atomic E-state index is 12.8. The zero-order chi connectivity index (χ0) is 24.9. The molecule has 0 aliphatic heterocycles. The second-order valence-electron chi connectivity index (χ2n) is 7.80. The molecule has 0 aliphatic rings. The fourth-order valence-electron chi connectivity index (χ4n) is 3.41. The van der Waals surface area contributed by atoms with Gasteiger partial charge in [0.25, 0.3) is 11.6 Å². The first-order valence-electron chi connectivity index (χ1n) is 10.5. The molecule has 0 saturated heterocycles. The van der Waals surface area contributed by atoms with Gasteiger partial charge >= 0.3 is 0 Å². The standard InChI is InChI=1S/C25H20BrClN4O4/c1-16-11-21(9-10-23(16)31(33)34)35-15-18-3-2-4-19(12-18)25(32)28-24-22(26)14-30(29-24)13-17-5-7-20(27)8-6-17/h2-12,14H,13,15H2,1H3,(H,28,29,32). The summed E-state index contributed by atoms with van der Waals surface area (Å²) in [6.07, 6.45) is 1.79. The highest BCUT2D eigenvalue weighted by molar-refractivity contribution is 9.10. The van der Waals surface area contributed by atoms with E-state index in [0.29, 0.717) is 38.7 Å². The largest absolute Gasteiger partial charge is 0.489 e. The van der Waals surface area contributed by atoms with Crippen molar-refractivity contribution >= 4 is 44.9 Å². The van der Waals surface area contributed by atoms with E-state index < -0.39 is 4.92 Å². The van der Waals surface area contributed by atoms with Gasteiger partial charge < -0.3 is 10.1 Å². The molecule has 4 rings (SSSR count). The van der Waals surface area contributed by atoms with Crippen LogP contribution in [-0.2, 0) is 13.2 Å². The third-order valence-electron chi connectivity index (χ3n) is 5.17. The van der Waals surface area contributed by atoms with Crippen molar-refractivity contribution in [1.29, 1.82) is 0 Å². The van der Waals surface area contributed by atoms with Gasteiger partial charge in [-0.15, -0.1) is 0 Å². The predicted octanol–water partition coefficient (Wildman–Crippen LogP) is 6.40. The fraction of sp³-hybridized carbons (Fsp3) is 0.120. The first kappa shape index (κ1) is 24.4. The Labute approximate surface area is 214 Å². The van der Waals surface area contributed by atoms with Crippen LogP contribution in [0.1, 0.15) is 27.0 Å². The Kier molecular flexibility index (Phi) is 7.48. The molecule has 178 valence electrons. The zero-order valence-corrected chi connectivity index (χ0v) is 20.9. The number of ether oxygens (including phenoxy) is 1. The molecule has 0 fully saturated rings. The van der Waals surface area contributed by atoms with E-state index in [9.17, 15) is 14.9 Å². The van der Waals surface area contributed by atoms with E-state index in [1.54, 1.807) is 48.1 Å². The normalized spacial score (nSPS) is 10.7. The molecule has 35 heavy (non-hydrogen) atoms. The fourth-order valence-corrected chi connectivity index (χ4v) is 3.95. The van der Waals surface area contributed by atoms with Crippen LogP contribution in [-0.4, -0.2) is 20.6 Å². The summed E-state index contributed by atoms with van der Waals surface area (Å²) < 4.78 is 8.14. The van der Waals surface area contributed by atoms with E-state index >= 15 is 0 Å². The monoisotopic (exact) mass is 554 g/mol. The molecule has 0 aliphatic carbocycles. The molecule has 0 radical (unpaired) electrons. The van der Waals surface area contributed by atoms with Crippen molar-refractivity contribution < 1.29 is 14.5 Å². The Morgan fingerprint density at radius 1 is 1.14 bits per heavy atom. The Morgan fingerprint density at radius 2 is 1.91 bits per heavy atom. The number of nitrogens with zero attached hydrogens (tertiary/aromatic N) is 3. The number of carbonyl (C=O) groups excluding carboxylic acids is 1. The number of amides is 1. The second-order valence-corrected chi connectivity index (χ2v) is 9.09. The molecule has 3 aromatic carbocycles. The number of nitro benzene ring substituents is 1. The molecule has 1 aromatic heterocycles. The lowest BCUT2D eigenvalue weighted by Crippen LogP contribution is -2.13. The predicted molar refractivity (Wildman–Crippen MR) is 137 cm³/mol. The SMILES string of the molecule is Cc1cc(OCc2cccc(C(=O)Nc3nn(Cc4ccc(Cl)cc4)cc3Br)c2)ccc1[N+](=O)[O-]. The molecular weight excluding hydrogens is 536 g/mol. The van der Waals surface area contributed by atoms with E-state index in [1.807, 2.05) is 30.3 Å². The molecule has 0 unspecified atom stereocenters. The number of benzene rings is 3.